The lowest BCUT2D eigenvalue weighted by Crippen LogP contribution is -2.25. The van der Waals surface area contributed by atoms with E-state index in [9.17, 15) is 43.9 Å². The Hall–Kier alpha value is -3.28. The summed E-state index contributed by atoms with van der Waals surface area (Å²) in [6.07, 6.45) is -7.19. The van der Waals surface area contributed by atoms with Crippen molar-refractivity contribution in [3.63, 3.8) is 0 Å². The molecule has 1 aliphatic rings. The molecule has 0 aromatic heterocycles. The van der Waals surface area contributed by atoms with Crippen LogP contribution in [0.1, 0.15) is 55.4 Å². The summed E-state index contributed by atoms with van der Waals surface area (Å²) >= 11 is 0. The summed E-state index contributed by atoms with van der Waals surface area (Å²) in [4.78, 5) is 0. The molecule has 3 aromatic carbocycles. The summed E-state index contributed by atoms with van der Waals surface area (Å²) in [5.41, 5.74) is -4.58. The summed E-state index contributed by atoms with van der Waals surface area (Å²) in [5, 5.41) is 0. The molecule has 12 heteroatoms. The van der Waals surface area contributed by atoms with E-state index in [1.54, 1.807) is 0 Å². The van der Waals surface area contributed by atoms with Crippen molar-refractivity contribution in [2.75, 3.05) is 6.61 Å². The lowest BCUT2D eigenvalue weighted by atomic mass is 9.91. The Kier molecular flexibility index (Phi) is 8.39. The van der Waals surface area contributed by atoms with Gasteiger partial charge in [0.2, 0.25) is 0 Å². The van der Waals surface area contributed by atoms with Gasteiger partial charge in [0.25, 0.3) is 0 Å². The SMILES string of the molecule is CCCC1CCC(c2ccc(-c3cc(F)c(C(F)(F)Oc4cc(F)c(C(F)(F)F)c(F)c4)c(F)c3)c(F)c2)OC1. The molecule has 0 amide bonds. The number of halogens is 10. The highest BCUT2D eigenvalue weighted by atomic mass is 19.4. The zero-order valence-corrected chi connectivity index (χ0v) is 20.8. The topological polar surface area (TPSA) is 18.5 Å². The van der Waals surface area contributed by atoms with Crippen molar-refractivity contribution >= 4 is 0 Å². The number of benzene rings is 3. The van der Waals surface area contributed by atoms with Crippen LogP contribution in [0.15, 0.2) is 42.5 Å². The first kappa shape index (κ1) is 29.7. The number of rotatable bonds is 7. The molecule has 0 radical (unpaired) electrons. The predicted octanol–water partition coefficient (Wildman–Crippen LogP) is 9.46. The first-order valence-corrected chi connectivity index (χ1v) is 12.2. The van der Waals surface area contributed by atoms with Crippen LogP contribution < -0.4 is 4.74 Å². The zero-order chi connectivity index (χ0) is 29.4. The fourth-order valence-corrected chi connectivity index (χ4v) is 4.76. The standard InChI is InChI=1S/C28H22F10O2/c1-2-3-14-4-7-24(39-13-14)15-5-6-18(19(29)8-15)16-9-20(30)26(21(31)10-16)28(37,38)40-17-11-22(32)25(23(33)12-17)27(34,35)36/h5-6,8-12,14,24H,2-4,7,13H2,1H3. The molecule has 0 bridgehead atoms. The van der Waals surface area contributed by atoms with Gasteiger partial charge in [-0.15, -0.1) is 0 Å². The molecule has 0 N–H and O–H groups in total. The lowest BCUT2D eigenvalue weighted by Gasteiger charge is -2.29. The van der Waals surface area contributed by atoms with Crippen LogP contribution in [0, 0.1) is 35.0 Å². The summed E-state index contributed by atoms with van der Waals surface area (Å²) < 4.78 is 149. The Balaban J connectivity index is 1.57. The van der Waals surface area contributed by atoms with E-state index in [2.05, 4.69) is 11.7 Å². The van der Waals surface area contributed by atoms with Crippen molar-refractivity contribution in [3.8, 4) is 16.9 Å². The number of ether oxygens (including phenoxy) is 2. The van der Waals surface area contributed by atoms with Gasteiger partial charge in [-0.2, -0.15) is 22.0 Å². The van der Waals surface area contributed by atoms with Gasteiger partial charge in [0, 0.05) is 17.7 Å². The van der Waals surface area contributed by atoms with Gasteiger partial charge < -0.3 is 9.47 Å². The van der Waals surface area contributed by atoms with Gasteiger partial charge in [0.15, 0.2) is 0 Å². The van der Waals surface area contributed by atoms with Gasteiger partial charge in [-0.05, 0) is 54.5 Å². The van der Waals surface area contributed by atoms with Crippen LogP contribution in [-0.2, 0) is 17.0 Å². The molecule has 216 valence electrons. The van der Waals surface area contributed by atoms with E-state index in [-0.39, 0.29) is 23.8 Å². The third kappa shape index (κ3) is 6.21. The van der Waals surface area contributed by atoms with Gasteiger partial charge in [-0.25, -0.2) is 22.0 Å². The van der Waals surface area contributed by atoms with Crippen LogP contribution >= 0.6 is 0 Å². The van der Waals surface area contributed by atoms with Gasteiger partial charge in [-0.3, -0.25) is 0 Å². The van der Waals surface area contributed by atoms with Crippen LogP contribution in [0.5, 0.6) is 5.75 Å². The van der Waals surface area contributed by atoms with Crippen LogP contribution in [0.4, 0.5) is 43.9 Å². The Morgan fingerprint density at radius 1 is 0.775 bits per heavy atom. The van der Waals surface area contributed by atoms with E-state index in [1.165, 1.54) is 12.1 Å². The third-order valence-electron chi connectivity index (χ3n) is 6.62. The Labute approximate surface area is 222 Å². The molecule has 2 nitrogen and oxygen atoms in total. The van der Waals surface area contributed by atoms with E-state index in [1.807, 2.05) is 0 Å². The van der Waals surface area contributed by atoms with E-state index in [0.717, 1.165) is 25.3 Å². The molecule has 40 heavy (non-hydrogen) atoms. The van der Waals surface area contributed by atoms with Gasteiger partial charge in [-0.1, -0.05) is 25.5 Å². The summed E-state index contributed by atoms with van der Waals surface area (Å²) in [6.45, 7) is 2.58. The maximum Gasteiger partial charge on any atom is 0.432 e. The van der Waals surface area contributed by atoms with Crippen molar-refractivity contribution in [2.24, 2.45) is 5.92 Å². The van der Waals surface area contributed by atoms with Crippen molar-refractivity contribution in [3.05, 3.63) is 88.2 Å². The second-order valence-corrected chi connectivity index (χ2v) is 9.49. The summed E-state index contributed by atoms with van der Waals surface area (Å²) in [5.74, 6) is -10.3. The van der Waals surface area contributed by atoms with E-state index in [0.29, 0.717) is 36.6 Å². The molecule has 1 fully saturated rings. The molecular formula is C28H22F10O2. The monoisotopic (exact) mass is 580 g/mol. The van der Waals surface area contributed by atoms with Gasteiger partial charge in [0.1, 0.15) is 46.0 Å². The Morgan fingerprint density at radius 3 is 1.88 bits per heavy atom. The normalized spacial score (nSPS) is 18.2. The maximum absolute atomic E-state index is 14.9. The fraction of sp³-hybridized carbons (Fsp3) is 0.357. The number of hydrogen-bond acceptors (Lipinski definition) is 2. The largest absolute Gasteiger partial charge is 0.432 e. The van der Waals surface area contributed by atoms with Crippen molar-refractivity contribution in [1.29, 1.82) is 0 Å². The zero-order valence-electron chi connectivity index (χ0n) is 20.8. The van der Waals surface area contributed by atoms with Crippen molar-refractivity contribution in [1.82, 2.24) is 0 Å². The minimum atomic E-state index is -5.47. The molecule has 0 spiro atoms. The predicted molar refractivity (Wildman–Crippen MR) is 124 cm³/mol. The molecule has 2 atom stereocenters. The van der Waals surface area contributed by atoms with Gasteiger partial charge in [0.05, 0.1) is 12.7 Å². The molecular weight excluding hydrogens is 558 g/mol. The maximum atomic E-state index is 14.9. The minimum Gasteiger partial charge on any atom is -0.429 e. The van der Waals surface area contributed by atoms with E-state index in [4.69, 9.17) is 4.74 Å². The van der Waals surface area contributed by atoms with Crippen LogP contribution in [0.3, 0.4) is 0 Å². The quantitative estimate of drug-likeness (QED) is 0.259. The van der Waals surface area contributed by atoms with Crippen LogP contribution in [0.2, 0.25) is 0 Å². The van der Waals surface area contributed by atoms with Crippen LogP contribution in [-0.4, -0.2) is 6.61 Å². The lowest BCUT2D eigenvalue weighted by molar-refractivity contribution is -0.189. The molecule has 1 aliphatic heterocycles. The Bertz CT molecular complexity index is 1330. The average molecular weight is 580 g/mol. The van der Waals surface area contributed by atoms with Crippen molar-refractivity contribution < 1.29 is 53.4 Å². The molecule has 2 unspecified atom stereocenters. The number of alkyl halides is 5. The molecule has 0 aliphatic carbocycles. The molecule has 3 aromatic rings. The van der Waals surface area contributed by atoms with E-state index < -0.39 is 63.8 Å². The number of hydrogen-bond donors (Lipinski definition) is 0. The van der Waals surface area contributed by atoms with Crippen LogP contribution in [0.25, 0.3) is 11.1 Å². The molecule has 4 rings (SSSR count). The Morgan fingerprint density at radius 2 is 1.38 bits per heavy atom. The molecule has 1 saturated heterocycles. The van der Waals surface area contributed by atoms with Gasteiger partial charge >= 0.3 is 12.3 Å². The highest BCUT2D eigenvalue weighted by Gasteiger charge is 2.43. The van der Waals surface area contributed by atoms with E-state index >= 15 is 0 Å². The first-order valence-electron chi connectivity index (χ1n) is 12.2. The average Bonchev–Trinajstić information content (AvgIpc) is 2.82. The second kappa shape index (κ2) is 11.3. The first-order chi connectivity index (χ1) is 18.7. The smallest absolute Gasteiger partial charge is 0.429 e. The summed E-state index contributed by atoms with van der Waals surface area (Å²) in [6, 6.07) is 4.29. The second-order valence-electron chi connectivity index (χ2n) is 9.49. The highest BCUT2D eigenvalue weighted by molar-refractivity contribution is 5.65. The molecule has 1 heterocycles. The molecule has 0 saturated carbocycles. The highest BCUT2D eigenvalue weighted by Crippen LogP contribution is 2.41. The van der Waals surface area contributed by atoms with Crippen molar-refractivity contribution in [2.45, 2.75) is 51.0 Å². The minimum absolute atomic E-state index is 0.194. The summed E-state index contributed by atoms with van der Waals surface area (Å²) in [7, 11) is 0. The third-order valence-corrected chi connectivity index (χ3v) is 6.62. The fourth-order valence-electron chi connectivity index (χ4n) is 4.76.